The van der Waals surface area contributed by atoms with Gasteiger partial charge in [-0.05, 0) is 49.9 Å². The Morgan fingerprint density at radius 1 is 1.17 bits per heavy atom. The van der Waals surface area contributed by atoms with Gasteiger partial charge in [-0.15, -0.1) is 5.10 Å². The van der Waals surface area contributed by atoms with Gasteiger partial charge in [-0.2, -0.15) is 5.10 Å². The van der Waals surface area contributed by atoms with E-state index in [1.165, 1.54) is 9.08 Å². The Labute approximate surface area is 166 Å². The summed E-state index contributed by atoms with van der Waals surface area (Å²) in [5.74, 6) is 0.303. The van der Waals surface area contributed by atoms with E-state index in [2.05, 4.69) is 15.5 Å². The number of methoxy groups -OCH3 is 1. The minimum atomic E-state index is -0.378. The molecule has 4 aromatic rings. The van der Waals surface area contributed by atoms with Gasteiger partial charge in [-0.1, -0.05) is 0 Å². The number of hydrogen-bond acceptors (Lipinski definition) is 5. The molecule has 0 aliphatic rings. The first-order valence-corrected chi connectivity index (χ1v) is 9.17. The lowest BCUT2D eigenvalue weighted by atomic mass is 10.1. The van der Waals surface area contributed by atoms with Gasteiger partial charge >= 0.3 is 5.69 Å². The lowest BCUT2D eigenvalue weighted by Gasteiger charge is -2.05. The molecule has 0 atom stereocenters. The molecule has 3 aromatic heterocycles. The molecule has 0 fully saturated rings. The molecule has 3 heterocycles. The van der Waals surface area contributed by atoms with E-state index in [-0.39, 0.29) is 18.1 Å². The van der Waals surface area contributed by atoms with E-state index in [0.717, 1.165) is 22.3 Å². The topological polar surface area (TPSA) is 95.4 Å². The summed E-state index contributed by atoms with van der Waals surface area (Å²) in [4.78, 5) is 25.6. The highest BCUT2D eigenvalue weighted by Gasteiger charge is 2.17. The monoisotopic (exact) mass is 394 g/mol. The van der Waals surface area contributed by atoms with Crippen molar-refractivity contribution in [3.8, 4) is 5.75 Å². The maximum Gasteiger partial charge on any atom is 0.351 e. The Balaban J connectivity index is 1.76. The van der Waals surface area contributed by atoms with Crippen molar-refractivity contribution in [2.24, 2.45) is 7.05 Å². The average molecular weight is 394 g/mol. The van der Waals surface area contributed by atoms with Crippen molar-refractivity contribution in [1.82, 2.24) is 24.0 Å². The number of aryl methyl sites for hydroxylation is 3. The fraction of sp³-hybridized carbons (Fsp3) is 0.300. The molecule has 0 aliphatic carbocycles. The second-order valence-electron chi connectivity index (χ2n) is 7.07. The van der Waals surface area contributed by atoms with Crippen molar-refractivity contribution in [1.29, 1.82) is 0 Å². The standard InChI is InChI=1S/C20H22N6O3/c1-11-8-14-6-7-15(29-5)9-16(14)26-19(11)23-25(20(26)28)10-17(27)21-18-12(2)22-24(4)13(18)3/h6-9H,10H2,1-5H3,(H,21,27). The Bertz CT molecular complexity index is 1330. The lowest BCUT2D eigenvalue weighted by molar-refractivity contribution is -0.117. The fourth-order valence-electron chi connectivity index (χ4n) is 3.52. The molecule has 0 aliphatic heterocycles. The van der Waals surface area contributed by atoms with E-state index in [9.17, 15) is 9.59 Å². The zero-order valence-electron chi connectivity index (χ0n) is 17.0. The van der Waals surface area contributed by atoms with Crippen LogP contribution in [0.3, 0.4) is 0 Å². The van der Waals surface area contributed by atoms with Crippen LogP contribution in [-0.2, 0) is 18.4 Å². The molecule has 0 saturated heterocycles. The third-order valence-corrected chi connectivity index (χ3v) is 5.11. The molecule has 150 valence electrons. The smallest absolute Gasteiger partial charge is 0.351 e. The summed E-state index contributed by atoms with van der Waals surface area (Å²) >= 11 is 0. The Hall–Kier alpha value is -3.62. The Morgan fingerprint density at radius 2 is 1.93 bits per heavy atom. The van der Waals surface area contributed by atoms with Crippen LogP contribution in [0.2, 0.25) is 0 Å². The van der Waals surface area contributed by atoms with Crippen molar-refractivity contribution >= 4 is 28.1 Å². The van der Waals surface area contributed by atoms with Crippen molar-refractivity contribution in [3.63, 3.8) is 0 Å². The number of rotatable bonds is 4. The molecule has 0 radical (unpaired) electrons. The minimum absolute atomic E-state index is 0.195. The number of aromatic nitrogens is 5. The first kappa shape index (κ1) is 18.7. The molecule has 9 heteroatoms. The van der Waals surface area contributed by atoms with E-state index in [4.69, 9.17) is 4.74 Å². The predicted octanol–water partition coefficient (Wildman–Crippen LogP) is 1.96. The fourth-order valence-corrected chi connectivity index (χ4v) is 3.52. The second-order valence-corrected chi connectivity index (χ2v) is 7.07. The molecular weight excluding hydrogens is 372 g/mol. The van der Waals surface area contributed by atoms with E-state index >= 15 is 0 Å². The number of nitrogens with one attached hydrogen (secondary N) is 1. The van der Waals surface area contributed by atoms with Crippen molar-refractivity contribution in [2.45, 2.75) is 27.3 Å². The van der Waals surface area contributed by atoms with E-state index in [0.29, 0.717) is 22.6 Å². The quantitative estimate of drug-likeness (QED) is 0.571. The Morgan fingerprint density at radius 3 is 2.59 bits per heavy atom. The summed E-state index contributed by atoms with van der Waals surface area (Å²) in [5.41, 5.74) is 3.87. The summed E-state index contributed by atoms with van der Waals surface area (Å²) in [6.45, 7) is 5.38. The SMILES string of the molecule is COc1ccc2cc(C)c3nn(CC(=O)Nc4c(C)nn(C)c4C)c(=O)n3c2c1. The average Bonchev–Trinajstić information content (AvgIpc) is 3.13. The van der Waals surface area contributed by atoms with E-state index in [1.807, 2.05) is 46.0 Å². The zero-order chi connectivity index (χ0) is 20.9. The zero-order valence-corrected chi connectivity index (χ0v) is 17.0. The Kier molecular flexibility index (Phi) is 4.37. The van der Waals surface area contributed by atoms with Crippen LogP contribution >= 0.6 is 0 Å². The summed E-state index contributed by atoms with van der Waals surface area (Å²) in [6.07, 6.45) is 0. The van der Waals surface area contributed by atoms with Crippen molar-refractivity contribution in [2.75, 3.05) is 12.4 Å². The normalized spacial score (nSPS) is 11.3. The molecule has 29 heavy (non-hydrogen) atoms. The number of hydrogen-bond donors (Lipinski definition) is 1. The molecule has 0 unspecified atom stereocenters. The highest BCUT2D eigenvalue weighted by atomic mass is 16.5. The van der Waals surface area contributed by atoms with Gasteiger partial charge in [0.2, 0.25) is 5.91 Å². The van der Waals surface area contributed by atoms with Crippen LogP contribution in [-0.4, -0.2) is 37.0 Å². The van der Waals surface area contributed by atoms with Crippen molar-refractivity contribution in [3.05, 3.63) is 51.7 Å². The largest absolute Gasteiger partial charge is 0.497 e. The van der Waals surface area contributed by atoms with Gasteiger partial charge in [0, 0.05) is 13.1 Å². The van der Waals surface area contributed by atoms with Gasteiger partial charge < -0.3 is 10.1 Å². The van der Waals surface area contributed by atoms with Crippen LogP contribution in [0.5, 0.6) is 5.75 Å². The summed E-state index contributed by atoms with van der Waals surface area (Å²) in [6, 6.07) is 7.49. The highest BCUT2D eigenvalue weighted by molar-refractivity contribution is 5.91. The van der Waals surface area contributed by atoms with Crippen LogP contribution < -0.4 is 15.7 Å². The van der Waals surface area contributed by atoms with E-state index in [1.54, 1.807) is 17.9 Å². The molecule has 1 amide bonds. The summed E-state index contributed by atoms with van der Waals surface area (Å²) in [5, 5.41) is 12.4. The lowest BCUT2D eigenvalue weighted by Crippen LogP contribution is -2.28. The van der Waals surface area contributed by atoms with Crippen LogP contribution in [0.15, 0.2) is 29.1 Å². The minimum Gasteiger partial charge on any atom is -0.497 e. The van der Waals surface area contributed by atoms with Gasteiger partial charge in [0.1, 0.15) is 12.3 Å². The molecule has 0 spiro atoms. The summed E-state index contributed by atoms with van der Waals surface area (Å²) in [7, 11) is 3.39. The van der Waals surface area contributed by atoms with Gasteiger partial charge in [0.25, 0.3) is 0 Å². The molecule has 0 bridgehead atoms. The number of amides is 1. The molecular formula is C20H22N6O3. The number of carbonyl (C=O) groups is 1. The third-order valence-electron chi connectivity index (χ3n) is 5.11. The molecule has 1 aromatic carbocycles. The highest BCUT2D eigenvalue weighted by Crippen LogP contribution is 2.23. The van der Waals surface area contributed by atoms with Gasteiger partial charge in [-0.3, -0.25) is 9.48 Å². The van der Waals surface area contributed by atoms with Gasteiger partial charge in [-0.25, -0.2) is 13.9 Å². The van der Waals surface area contributed by atoms with Gasteiger partial charge in [0.05, 0.1) is 29.7 Å². The van der Waals surface area contributed by atoms with Crippen LogP contribution in [0.25, 0.3) is 16.6 Å². The number of carbonyl (C=O) groups excluding carboxylic acids is 1. The number of ether oxygens (including phenoxy) is 1. The predicted molar refractivity (Wildman–Crippen MR) is 110 cm³/mol. The van der Waals surface area contributed by atoms with Crippen LogP contribution in [0, 0.1) is 20.8 Å². The molecule has 0 saturated carbocycles. The molecule has 4 rings (SSSR count). The maximum atomic E-state index is 13.0. The number of fused-ring (bicyclic) bond motifs is 3. The summed E-state index contributed by atoms with van der Waals surface area (Å²) < 4.78 is 9.68. The van der Waals surface area contributed by atoms with Crippen LogP contribution in [0.4, 0.5) is 5.69 Å². The number of anilines is 1. The first-order chi connectivity index (χ1) is 13.8. The second kappa shape index (κ2) is 6.77. The van der Waals surface area contributed by atoms with Crippen LogP contribution in [0.1, 0.15) is 17.0 Å². The first-order valence-electron chi connectivity index (χ1n) is 9.17. The molecule has 1 N–H and O–H groups in total. The van der Waals surface area contributed by atoms with Gasteiger partial charge in [0.15, 0.2) is 5.65 Å². The number of nitrogens with zero attached hydrogens (tertiary/aromatic N) is 5. The van der Waals surface area contributed by atoms with Crippen molar-refractivity contribution < 1.29 is 9.53 Å². The molecule has 9 nitrogen and oxygen atoms in total. The van der Waals surface area contributed by atoms with E-state index < -0.39 is 0 Å². The third kappa shape index (κ3) is 3.04. The number of pyridine rings is 1. The maximum absolute atomic E-state index is 13.0. The number of benzene rings is 1.